The molecule has 186 valence electrons. The van der Waals surface area contributed by atoms with E-state index in [-0.39, 0.29) is 5.91 Å². The predicted molar refractivity (Wildman–Crippen MR) is 147 cm³/mol. The first-order valence-corrected chi connectivity index (χ1v) is 13.5. The van der Waals surface area contributed by atoms with Crippen molar-refractivity contribution in [1.82, 2.24) is 29.7 Å². The van der Waals surface area contributed by atoms with E-state index in [9.17, 15) is 4.79 Å². The minimum absolute atomic E-state index is 0.256. The second kappa shape index (κ2) is 10.0. The van der Waals surface area contributed by atoms with Gasteiger partial charge in [-0.25, -0.2) is 9.97 Å². The van der Waals surface area contributed by atoms with Gasteiger partial charge in [-0.1, -0.05) is 6.08 Å². The molecule has 0 radical (unpaired) electrons. The molecule has 0 bridgehead atoms. The molecule has 0 atom stereocenters. The molecule has 6 rings (SSSR count). The zero-order valence-electron chi connectivity index (χ0n) is 20.5. The highest BCUT2D eigenvalue weighted by Crippen LogP contribution is 2.31. The van der Waals surface area contributed by atoms with E-state index >= 15 is 0 Å². The number of anilines is 2. The zero-order valence-corrected chi connectivity index (χ0v) is 21.4. The molecular formula is C27H31N7OS. The van der Waals surface area contributed by atoms with Gasteiger partial charge in [0.15, 0.2) is 0 Å². The first kappa shape index (κ1) is 23.1. The molecular weight excluding hydrogens is 470 g/mol. The third-order valence-corrected chi connectivity index (χ3v) is 8.08. The van der Waals surface area contributed by atoms with E-state index in [4.69, 9.17) is 0 Å². The number of amides is 1. The quantitative estimate of drug-likeness (QED) is 0.413. The number of aromatic amines is 1. The van der Waals surface area contributed by atoms with Crippen molar-refractivity contribution in [2.75, 3.05) is 58.2 Å². The van der Waals surface area contributed by atoms with Gasteiger partial charge in [-0.3, -0.25) is 4.79 Å². The number of carbonyl (C=O) groups excluding carboxylic acids is 1. The molecule has 5 heterocycles. The van der Waals surface area contributed by atoms with Crippen LogP contribution in [0.1, 0.15) is 18.5 Å². The second-order valence-electron chi connectivity index (χ2n) is 9.68. The summed E-state index contributed by atoms with van der Waals surface area (Å²) in [5.74, 6) is 0.256. The Morgan fingerprint density at radius 1 is 1.11 bits per heavy atom. The maximum absolute atomic E-state index is 12.8. The Hall–Kier alpha value is -3.27. The summed E-state index contributed by atoms with van der Waals surface area (Å²) in [6.45, 7) is 6.57. The minimum atomic E-state index is 0.256. The molecule has 0 saturated carbocycles. The molecule has 9 heteroatoms. The third kappa shape index (κ3) is 4.86. The molecule has 1 amide bonds. The van der Waals surface area contributed by atoms with Crippen LogP contribution in [0.4, 0.5) is 11.4 Å². The highest BCUT2D eigenvalue weighted by atomic mass is 32.1. The van der Waals surface area contributed by atoms with E-state index < -0.39 is 0 Å². The van der Waals surface area contributed by atoms with Gasteiger partial charge in [-0.2, -0.15) is 0 Å². The smallest absolute Gasteiger partial charge is 0.224 e. The van der Waals surface area contributed by atoms with Gasteiger partial charge in [0, 0.05) is 75.2 Å². The summed E-state index contributed by atoms with van der Waals surface area (Å²) in [4.78, 5) is 31.9. The third-order valence-electron chi connectivity index (χ3n) is 7.29. The first-order valence-electron chi connectivity index (χ1n) is 12.6. The van der Waals surface area contributed by atoms with Crippen LogP contribution in [0, 0.1) is 0 Å². The Morgan fingerprint density at radius 2 is 2.00 bits per heavy atom. The Morgan fingerprint density at radius 3 is 2.83 bits per heavy atom. The van der Waals surface area contributed by atoms with Gasteiger partial charge in [0.2, 0.25) is 5.91 Å². The first-order chi connectivity index (χ1) is 17.6. The van der Waals surface area contributed by atoms with Crippen LogP contribution >= 0.6 is 11.3 Å². The van der Waals surface area contributed by atoms with Crippen molar-refractivity contribution in [1.29, 1.82) is 0 Å². The molecule has 2 N–H and O–H groups in total. The largest absolute Gasteiger partial charge is 0.355 e. The SMILES string of the molecule is CN1CCN(CCC(=O)N2CC=C(c3cc4c(Nc5ccc6ncsc6c5)ccnc4[nH]3)CC2)CC1. The number of hydrogen-bond donors (Lipinski definition) is 2. The fourth-order valence-electron chi connectivity index (χ4n) is 5.02. The number of fused-ring (bicyclic) bond motifs is 2. The fraction of sp³-hybridized carbons (Fsp3) is 0.370. The Kier molecular flexibility index (Phi) is 6.43. The predicted octanol–water partition coefficient (Wildman–Crippen LogP) is 4.17. The van der Waals surface area contributed by atoms with Gasteiger partial charge in [0.05, 0.1) is 21.4 Å². The van der Waals surface area contributed by atoms with Gasteiger partial charge in [0.1, 0.15) is 5.65 Å². The van der Waals surface area contributed by atoms with Crippen molar-refractivity contribution in [2.45, 2.75) is 12.8 Å². The van der Waals surface area contributed by atoms with Crippen LogP contribution in [0.25, 0.3) is 26.8 Å². The van der Waals surface area contributed by atoms with Crippen molar-refractivity contribution in [2.24, 2.45) is 0 Å². The van der Waals surface area contributed by atoms with E-state index in [1.54, 1.807) is 11.3 Å². The van der Waals surface area contributed by atoms with Crippen LogP contribution < -0.4 is 5.32 Å². The molecule has 0 spiro atoms. The lowest BCUT2D eigenvalue weighted by atomic mass is 10.0. The Bertz CT molecular complexity index is 1420. The molecule has 3 aromatic heterocycles. The number of aromatic nitrogens is 3. The summed E-state index contributed by atoms with van der Waals surface area (Å²) < 4.78 is 1.16. The van der Waals surface area contributed by atoms with Crippen LogP contribution in [0.15, 0.2) is 48.1 Å². The van der Waals surface area contributed by atoms with Crippen LogP contribution in [0.3, 0.4) is 0 Å². The van der Waals surface area contributed by atoms with Crippen LogP contribution in [0.5, 0.6) is 0 Å². The molecule has 0 unspecified atom stereocenters. The number of benzene rings is 1. The highest BCUT2D eigenvalue weighted by molar-refractivity contribution is 7.16. The van der Waals surface area contributed by atoms with E-state index in [1.165, 1.54) is 5.57 Å². The number of nitrogens with zero attached hydrogens (tertiary/aromatic N) is 5. The Labute approximate surface area is 214 Å². The maximum Gasteiger partial charge on any atom is 0.224 e. The number of pyridine rings is 1. The average molecular weight is 502 g/mol. The molecule has 0 aliphatic carbocycles. The second-order valence-corrected chi connectivity index (χ2v) is 10.6. The normalized spacial score (nSPS) is 17.6. The van der Waals surface area contributed by atoms with Gasteiger partial charge in [-0.05, 0) is 49.4 Å². The molecule has 8 nitrogen and oxygen atoms in total. The average Bonchev–Trinajstić information content (AvgIpc) is 3.56. The number of nitrogens with one attached hydrogen (secondary N) is 2. The number of H-pyrrole nitrogens is 1. The number of piperazine rings is 1. The summed E-state index contributed by atoms with van der Waals surface area (Å²) in [7, 11) is 2.16. The summed E-state index contributed by atoms with van der Waals surface area (Å²) in [5, 5.41) is 4.61. The summed E-state index contributed by atoms with van der Waals surface area (Å²) in [6, 6.07) is 10.4. The lowest BCUT2D eigenvalue weighted by molar-refractivity contribution is -0.131. The summed E-state index contributed by atoms with van der Waals surface area (Å²) in [5.41, 5.74) is 8.12. The van der Waals surface area contributed by atoms with Gasteiger partial charge in [-0.15, -0.1) is 11.3 Å². The molecule has 1 fully saturated rings. The molecule has 4 aromatic rings. The Balaban J connectivity index is 1.12. The van der Waals surface area contributed by atoms with Crippen molar-refractivity contribution in [3.8, 4) is 0 Å². The van der Waals surface area contributed by atoms with Crippen LogP contribution in [0.2, 0.25) is 0 Å². The topological polar surface area (TPSA) is 80.4 Å². The molecule has 2 aliphatic heterocycles. The van der Waals surface area contributed by atoms with Gasteiger partial charge >= 0.3 is 0 Å². The van der Waals surface area contributed by atoms with Gasteiger partial charge < -0.3 is 25.0 Å². The standard InChI is InChI=1S/C27H31N7OS/c1-32-12-14-33(15-13-32)9-7-26(35)34-10-5-19(6-11-34)24-17-21-22(4-8-28-27(21)31-24)30-20-2-3-23-25(16-20)36-18-29-23/h2-5,8,16-18H,6-7,9-15H2,1H3,(H2,28,30,31). The summed E-state index contributed by atoms with van der Waals surface area (Å²) >= 11 is 1.64. The van der Waals surface area contributed by atoms with Crippen LogP contribution in [-0.2, 0) is 4.79 Å². The number of thiazole rings is 1. The monoisotopic (exact) mass is 501 g/mol. The number of carbonyl (C=O) groups is 1. The number of likely N-dealkylation sites (N-methyl/N-ethyl adjacent to an activating group) is 1. The van der Waals surface area contributed by atoms with Crippen molar-refractivity contribution in [3.05, 3.63) is 53.8 Å². The summed E-state index contributed by atoms with van der Waals surface area (Å²) in [6.07, 6.45) is 5.46. The number of rotatable bonds is 6. The van der Waals surface area contributed by atoms with E-state index in [1.807, 2.05) is 28.7 Å². The van der Waals surface area contributed by atoms with Gasteiger partial charge in [0.25, 0.3) is 0 Å². The molecule has 36 heavy (non-hydrogen) atoms. The van der Waals surface area contributed by atoms with Crippen molar-refractivity contribution < 1.29 is 4.79 Å². The highest BCUT2D eigenvalue weighted by Gasteiger charge is 2.21. The van der Waals surface area contributed by atoms with E-state index in [2.05, 4.69) is 61.4 Å². The minimum Gasteiger partial charge on any atom is -0.355 e. The van der Waals surface area contributed by atoms with E-state index in [0.717, 1.165) is 84.0 Å². The maximum atomic E-state index is 12.8. The molecule has 1 saturated heterocycles. The lowest BCUT2D eigenvalue weighted by Crippen LogP contribution is -2.46. The van der Waals surface area contributed by atoms with Crippen LogP contribution in [-0.4, -0.2) is 88.4 Å². The molecule has 1 aromatic carbocycles. The fourth-order valence-corrected chi connectivity index (χ4v) is 5.74. The number of hydrogen-bond acceptors (Lipinski definition) is 7. The van der Waals surface area contributed by atoms with Crippen molar-refractivity contribution >= 4 is 55.4 Å². The zero-order chi connectivity index (χ0) is 24.5. The van der Waals surface area contributed by atoms with Crippen molar-refractivity contribution in [3.63, 3.8) is 0 Å². The lowest BCUT2D eigenvalue weighted by Gasteiger charge is -2.33. The van der Waals surface area contributed by atoms with E-state index in [0.29, 0.717) is 13.0 Å². The molecule has 2 aliphatic rings.